The molecule has 1 aromatic carbocycles. The molecule has 0 N–H and O–H groups in total. The fraction of sp³-hybridized carbons (Fsp3) is 0.208. The summed E-state index contributed by atoms with van der Waals surface area (Å²) in [5.41, 5.74) is 2.43. The second-order valence-electron chi connectivity index (χ2n) is 7.09. The lowest BCUT2D eigenvalue weighted by Gasteiger charge is -2.13. The standard InChI is InChI=1S/C24H22N2O7/c1-14-9-19(21(27)13-33-24(30)20-7-5-6-8-25-20)15(2)26(14)18-11-16(22(28)31-3)10-17(12-18)23(29)32-4/h5-12H,13H2,1-4H3. The molecule has 3 aromatic rings. The van der Waals surface area contributed by atoms with Crippen LogP contribution < -0.4 is 0 Å². The largest absolute Gasteiger partial charge is 0.465 e. The highest BCUT2D eigenvalue weighted by Crippen LogP contribution is 2.24. The summed E-state index contributed by atoms with van der Waals surface area (Å²) in [5.74, 6) is -2.36. The minimum absolute atomic E-state index is 0.103. The predicted molar refractivity (Wildman–Crippen MR) is 117 cm³/mol. The number of benzene rings is 1. The van der Waals surface area contributed by atoms with Crippen molar-refractivity contribution >= 4 is 23.7 Å². The summed E-state index contributed by atoms with van der Waals surface area (Å²) in [6.45, 7) is 3.02. The van der Waals surface area contributed by atoms with Crippen molar-refractivity contribution in [3.63, 3.8) is 0 Å². The average Bonchev–Trinajstić information content (AvgIpc) is 3.15. The number of pyridine rings is 1. The van der Waals surface area contributed by atoms with Crippen LogP contribution in [0, 0.1) is 13.8 Å². The van der Waals surface area contributed by atoms with Crippen LogP contribution in [0.5, 0.6) is 0 Å². The summed E-state index contributed by atoms with van der Waals surface area (Å²) in [6, 6.07) is 10.9. The van der Waals surface area contributed by atoms with Crippen molar-refractivity contribution in [1.29, 1.82) is 0 Å². The number of hydrogen-bond acceptors (Lipinski definition) is 8. The highest BCUT2D eigenvalue weighted by atomic mass is 16.5. The molecule has 33 heavy (non-hydrogen) atoms. The molecule has 0 unspecified atom stereocenters. The van der Waals surface area contributed by atoms with Gasteiger partial charge >= 0.3 is 17.9 Å². The average molecular weight is 450 g/mol. The molecule has 0 saturated carbocycles. The van der Waals surface area contributed by atoms with E-state index in [1.54, 1.807) is 48.7 Å². The van der Waals surface area contributed by atoms with Gasteiger partial charge in [0.25, 0.3) is 0 Å². The fourth-order valence-corrected chi connectivity index (χ4v) is 3.42. The maximum absolute atomic E-state index is 12.8. The first-order valence-electron chi connectivity index (χ1n) is 9.89. The zero-order chi connectivity index (χ0) is 24.1. The first kappa shape index (κ1) is 23.4. The third-order valence-corrected chi connectivity index (χ3v) is 4.96. The van der Waals surface area contributed by atoms with E-state index in [4.69, 9.17) is 14.2 Å². The third kappa shape index (κ3) is 4.98. The van der Waals surface area contributed by atoms with Crippen molar-refractivity contribution in [3.05, 3.63) is 82.4 Å². The number of carbonyl (C=O) groups is 4. The summed E-state index contributed by atoms with van der Waals surface area (Å²) in [4.78, 5) is 53.0. The van der Waals surface area contributed by atoms with Gasteiger partial charge in [-0.25, -0.2) is 19.4 Å². The number of nitrogens with zero attached hydrogens (tertiary/aromatic N) is 2. The smallest absolute Gasteiger partial charge is 0.357 e. The lowest BCUT2D eigenvalue weighted by Crippen LogP contribution is -2.16. The van der Waals surface area contributed by atoms with Gasteiger partial charge in [0.05, 0.1) is 25.3 Å². The van der Waals surface area contributed by atoms with Crippen LogP contribution in [0.15, 0.2) is 48.7 Å². The van der Waals surface area contributed by atoms with Crippen molar-refractivity contribution in [2.75, 3.05) is 20.8 Å². The summed E-state index contributed by atoms with van der Waals surface area (Å²) < 4.78 is 16.4. The number of carbonyl (C=O) groups excluding carboxylic acids is 4. The van der Waals surface area contributed by atoms with Crippen LogP contribution >= 0.6 is 0 Å². The van der Waals surface area contributed by atoms with Crippen LogP contribution in [0.1, 0.15) is 53.0 Å². The topological polar surface area (TPSA) is 114 Å². The molecule has 0 fully saturated rings. The Balaban J connectivity index is 1.93. The molecule has 0 radical (unpaired) electrons. The number of esters is 3. The quantitative estimate of drug-likeness (QED) is 0.306. The van der Waals surface area contributed by atoms with Gasteiger partial charge < -0.3 is 18.8 Å². The lowest BCUT2D eigenvalue weighted by atomic mass is 10.1. The van der Waals surface area contributed by atoms with Crippen molar-refractivity contribution in [2.45, 2.75) is 13.8 Å². The summed E-state index contributed by atoms with van der Waals surface area (Å²) >= 11 is 0. The molecule has 0 aliphatic rings. The van der Waals surface area contributed by atoms with Gasteiger partial charge in [0.1, 0.15) is 5.69 Å². The van der Waals surface area contributed by atoms with Gasteiger partial charge in [-0.1, -0.05) is 6.07 Å². The second kappa shape index (κ2) is 9.90. The van der Waals surface area contributed by atoms with Crippen LogP contribution in [0.3, 0.4) is 0 Å². The lowest BCUT2D eigenvalue weighted by molar-refractivity contribution is 0.0468. The molecule has 3 rings (SSSR count). The molecule has 0 bridgehead atoms. The van der Waals surface area contributed by atoms with Gasteiger partial charge in [-0.15, -0.1) is 0 Å². The molecule has 0 amide bonds. The van der Waals surface area contributed by atoms with E-state index in [1.807, 2.05) is 0 Å². The summed E-state index contributed by atoms with van der Waals surface area (Å²) in [6.07, 6.45) is 1.46. The van der Waals surface area contributed by atoms with E-state index >= 15 is 0 Å². The molecule has 0 spiro atoms. The number of methoxy groups -OCH3 is 2. The predicted octanol–water partition coefficient (Wildman–Crippen LogP) is 3.10. The van der Waals surface area contributed by atoms with Gasteiger partial charge in [0.2, 0.25) is 5.78 Å². The number of Topliss-reactive ketones (excluding diaryl/α,β-unsaturated/α-hetero) is 1. The van der Waals surface area contributed by atoms with E-state index in [0.717, 1.165) is 0 Å². The monoisotopic (exact) mass is 450 g/mol. The first-order valence-corrected chi connectivity index (χ1v) is 9.89. The maximum Gasteiger partial charge on any atom is 0.357 e. The van der Waals surface area contributed by atoms with Gasteiger partial charge in [-0.05, 0) is 50.2 Å². The van der Waals surface area contributed by atoms with E-state index in [1.165, 1.54) is 32.5 Å². The molecule has 2 heterocycles. The van der Waals surface area contributed by atoms with Crippen molar-refractivity contribution in [2.24, 2.45) is 0 Å². The first-order chi connectivity index (χ1) is 15.8. The molecule has 0 saturated heterocycles. The van der Waals surface area contributed by atoms with Crippen molar-refractivity contribution < 1.29 is 33.4 Å². The Kier molecular flexibility index (Phi) is 7.02. The Hall–Kier alpha value is -4.27. The highest BCUT2D eigenvalue weighted by Gasteiger charge is 2.21. The fourth-order valence-electron chi connectivity index (χ4n) is 3.42. The third-order valence-electron chi connectivity index (χ3n) is 4.96. The van der Waals surface area contributed by atoms with E-state index < -0.39 is 30.3 Å². The van der Waals surface area contributed by atoms with E-state index in [2.05, 4.69) is 4.98 Å². The number of rotatable bonds is 7. The molecule has 0 atom stereocenters. The Bertz CT molecular complexity index is 1190. The molecule has 0 aliphatic heterocycles. The second-order valence-corrected chi connectivity index (χ2v) is 7.09. The Morgan fingerprint density at radius 2 is 1.52 bits per heavy atom. The zero-order valence-electron chi connectivity index (χ0n) is 18.6. The van der Waals surface area contributed by atoms with E-state index in [-0.39, 0.29) is 16.8 Å². The molecular weight excluding hydrogens is 428 g/mol. The van der Waals surface area contributed by atoms with E-state index in [0.29, 0.717) is 22.6 Å². The minimum atomic E-state index is -0.703. The number of aryl methyl sites for hydroxylation is 1. The number of aromatic nitrogens is 2. The van der Waals surface area contributed by atoms with Gasteiger partial charge in [0, 0.05) is 28.8 Å². The highest BCUT2D eigenvalue weighted by molar-refractivity contribution is 6.00. The SMILES string of the molecule is COC(=O)c1cc(C(=O)OC)cc(-n2c(C)cc(C(=O)COC(=O)c3ccccn3)c2C)c1. The summed E-state index contributed by atoms with van der Waals surface area (Å²) in [7, 11) is 2.48. The zero-order valence-corrected chi connectivity index (χ0v) is 18.6. The van der Waals surface area contributed by atoms with Gasteiger partial charge in [0.15, 0.2) is 6.61 Å². The Morgan fingerprint density at radius 3 is 2.06 bits per heavy atom. The van der Waals surface area contributed by atoms with Crippen LogP contribution in [-0.4, -0.2) is 54.1 Å². The van der Waals surface area contributed by atoms with Gasteiger partial charge in [-0.2, -0.15) is 0 Å². The van der Waals surface area contributed by atoms with Crippen molar-refractivity contribution in [3.8, 4) is 5.69 Å². The number of hydrogen-bond donors (Lipinski definition) is 0. The number of ketones is 1. The number of ether oxygens (including phenoxy) is 3. The molecule has 2 aromatic heterocycles. The summed E-state index contributed by atoms with van der Waals surface area (Å²) in [5, 5.41) is 0. The van der Waals surface area contributed by atoms with Gasteiger partial charge in [-0.3, -0.25) is 4.79 Å². The molecule has 9 heteroatoms. The van der Waals surface area contributed by atoms with Crippen LogP contribution in [0.2, 0.25) is 0 Å². The van der Waals surface area contributed by atoms with Crippen molar-refractivity contribution in [1.82, 2.24) is 9.55 Å². The molecule has 0 aliphatic carbocycles. The molecule has 170 valence electrons. The maximum atomic E-state index is 12.8. The Labute approximate surface area is 189 Å². The van der Waals surface area contributed by atoms with Crippen LogP contribution in [0.25, 0.3) is 5.69 Å². The van der Waals surface area contributed by atoms with Crippen LogP contribution in [-0.2, 0) is 14.2 Å². The normalized spacial score (nSPS) is 10.4. The molecule has 9 nitrogen and oxygen atoms in total. The minimum Gasteiger partial charge on any atom is -0.465 e. The Morgan fingerprint density at radius 1 is 0.879 bits per heavy atom. The van der Waals surface area contributed by atoms with Crippen LogP contribution in [0.4, 0.5) is 0 Å². The molecular formula is C24H22N2O7. The van der Waals surface area contributed by atoms with E-state index in [9.17, 15) is 19.2 Å².